The zero-order chi connectivity index (χ0) is 11.5. The molecular formula is C9H7ClN4O2. The molecule has 82 valence electrons. The molecule has 0 aliphatic carbocycles. The lowest BCUT2D eigenvalue weighted by molar-refractivity contribution is 0.102. The number of amides is 1. The number of nitrogens with zero attached hydrogens (tertiary/aromatic N) is 2. The van der Waals surface area contributed by atoms with Crippen LogP contribution in [0.2, 0.25) is 5.02 Å². The van der Waals surface area contributed by atoms with Crippen LogP contribution < -0.4 is 11.1 Å². The summed E-state index contributed by atoms with van der Waals surface area (Å²) in [4.78, 5) is 15.5. The van der Waals surface area contributed by atoms with Gasteiger partial charge in [-0.15, -0.1) is 0 Å². The number of anilines is 2. The Balaban J connectivity index is 2.24. The van der Waals surface area contributed by atoms with E-state index in [1.807, 2.05) is 0 Å². The van der Waals surface area contributed by atoms with Crippen LogP contribution in [0.15, 0.2) is 29.0 Å². The quantitative estimate of drug-likeness (QED) is 0.828. The molecule has 2 aromatic heterocycles. The van der Waals surface area contributed by atoms with Crippen molar-refractivity contribution in [1.82, 2.24) is 10.1 Å². The van der Waals surface area contributed by atoms with Gasteiger partial charge in [-0.1, -0.05) is 16.8 Å². The van der Waals surface area contributed by atoms with Gasteiger partial charge in [0.2, 0.25) is 0 Å². The van der Waals surface area contributed by atoms with Gasteiger partial charge >= 0.3 is 0 Å². The van der Waals surface area contributed by atoms with Gasteiger partial charge in [0.25, 0.3) is 5.91 Å². The molecular weight excluding hydrogens is 232 g/mol. The average Bonchev–Trinajstić information content (AvgIpc) is 2.74. The molecule has 0 saturated carbocycles. The highest BCUT2D eigenvalue weighted by Crippen LogP contribution is 2.16. The Morgan fingerprint density at radius 1 is 1.44 bits per heavy atom. The normalized spacial score (nSPS) is 10.1. The minimum atomic E-state index is -0.494. The predicted octanol–water partition coefficient (Wildman–Crippen LogP) is 1.56. The van der Waals surface area contributed by atoms with E-state index in [2.05, 4.69) is 20.0 Å². The van der Waals surface area contributed by atoms with Gasteiger partial charge in [-0.25, -0.2) is 4.98 Å². The fourth-order valence-corrected chi connectivity index (χ4v) is 1.26. The van der Waals surface area contributed by atoms with E-state index in [9.17, 15) is 4.79 Å². The second-order valence-corrected chi connectivity index (χ2v) is 3.31. The average molecular weight is 239 g/mol. The molecule has 0 fully saturated rings. The molecule has 1 amide bonds. The highest BCUT2D eigenvalue weighted by Gasteiger charge is 2.13. The van der Waals surface area contributed by atoms with Crippen molar-refractivity contribution < 1.29 is 9.32 Å². The van der Waals surface area contributed by atoms with Gasteiger partial charge in [-0.05, 0) is 12.1 Å². The molecule has 0 radical (unpaired) electrons. The largest absolute Gasteiger partial charge is 0.384 e. The fourth-order valence-electron chi connectivity index (χ4n) is 1.07. The van der Waals surface area contributed by atoms with E-state index < -0.39 is 5.91 Å². The van der Waals surface area contributed by atoms with Gasteiger partial charge in [0, 0.05) is 6.07 Å². The summed E-state index contributed by atoms with van der Waals surface area (Å²) in [6.45, 7) is 0. The maximum atomic E-state index is 11.7. The Hall–Kier alpha value is -2.08. The summed E-state index contributed by atoms with van der Waals surface area (Å²) in [5, 5.41) is 6.20. The summed E-state index contributed by atoms with van der Waals surface area (Å²) in [6.07, 6.45) is 1.34. The van der Waals surface area contributed by atoms with E-state index in [-0.39, 0.29) is 22.4 Å². The first kappa shape index (κ1) is 10.4. The number of nitrogen functional groups attached to an aromatic ring is 1. The van der Waals surface area contributed by atoms with Gasteiger partial charge in [0.05, 0.1) is 5.02 Å². The fraction of sp³-hybridized carbons (Fsp3) is 0. The Kier molecular flexibility index (Phi) is 2.74. The Morgan fingerprint density at radius 2 is 2.25 bits per heavy atom. The van der Waals surface area contributed by atoms with Crippen molar-refractivity contribution in [3.63, 3.8) is 0 Å². The lowest BCUT2D eigenvalue weighted by Crippen LogP contribution is -2.15. The predicted molar refractivity (Wildman–Crippen MR) is 58.1 cm³/mol. The topological polar surface area (TPSA) is 94.0 Å². The summed E-state index contributed by atoms with van der Waals surface area (Å²) in [5.74, 6) is 0.00574. The van der Waals surface area contributed by atoms with Gasteiger partial charge < -0.3 is 15.6 Å². The van der Waals surface area contributed by atoms with Crippen LogP contribution in [0.1, 0.15) is 10.5 Å². The maximum absolute atomic E-state index is 11.7. The van der Waals surface area contributed by atoms with E-state index in [0.717, 1.165) is 0 Å². The molecule has 6 nitrogen and oxygen atoms in total. The molecule has 16 heavy (non-hydrogen) atoms. The molecule has 0 unspecified atom stereocenters. The SMILES string of the molecule is Nc1ccc(Cl)c(C(=O)Nc2ccon2)n1. The molecule has 0 bridgehead atoms. The first-order valence-electron chi connectivity index (χ1n) is 4.30. The minimum Gasteiger partial charge on any atom is -0.384 e. The number of halogens is 1. The van der Waals surface area contributed by atoms with E-state index in [1.165, 1.54) is 24.5 Å². The van der Waals surface area contributed by atoms with Gasteiger partial charge in [0.1, 0.15) is 17.8 Å². The maximum Gasteiger partial charge on any atom is 0.277 e. The first-order chi connectivity index (χ1) is 7.66. The molecule has 2 aromatic rings. The van der Waals surface area contributed by atoms with Crippen LogP contribution in [0.25, 0.3) is 0 Å². The van der Waals surface area contributed by atoms with Crippen molar-refractivity contribution in [3.8, 4) is 0 Å². The van der Waals surface area contributed by atoms with Crippen molar-refractivity contribution in [2.24, 2.45) is 0 Å². The molecule has 3 N–H and O–H groups in total. The number of nitrogens with one attached hydrogen (secondary N) is 1. The minimum absolute atomic E-state index is 0.0460. The lowest BCUT2D eigenvalue weighted by atomic mass is 10.3. The number of hydrogen-bond acceptors (Lipinski definition) is 5. The smallest absolute Gasteiger partial charge is 0.277 e. The molecule has 2 rings (SSSR count). The van der Waals surface area contributed by atoms with Crippen LogP contribution in [0.5, 0.6) is 0 Å². The van der Waals surface area contributed by atoms with Gasteiger partial charge in [-0.2, -0.15) is 0 Å². The third-order valence-electron chi connectivity index (χ3n) is 1.76. The molecule has 0 atom stereocenters. The highest BCUT2D eigenvalue weighted by molar-refractivity contribution is 6.34. The third-order valence-corrected chi connectivity index (χ3v) is 2.07. The van der Waals surface area contributed by atoms with Crippen molar-refractivity contribution in [2.75, 3.05) is 11.1 Å². The molecule has 0 aliphatic heterocycles. The monoisotopic (exact) mass is 238 g/mol. The number of nitrogens with two attached hydrogens (primary N) is 1. The van der Waals surface area contributed by atoms with Gasteiger partial charge in [-0.3, -0.25) is 4.79 Å². The van der Waals surface area contributed by atoms with E-state index in [1.54, 1.807) is 0 Å². The molecule has 7 heteroatoms. The molecule has 2 heterocycles. The summed E-state index contributed by atoms with van der Waals surface area (Å²) in [6, 6.07) is 4.51. The van der Waals surface area contributed by atoms with Gasteiger partial charge in [0.15, 0.2) is 5.82 Å². The Labute approximate surface area is 95.4 Å². The van der Waals surface area contributed by atoms with Crippen LogP contribution in [-0.2, 0) is 0 Å². The number of carbonyl (C=O) groups is 1. The Morgan fingerprint density at radius 3 is 2.94 bits per heavy atom. The standard InChI is InChI=1S/C9H7ClN4O2/c10-5-1-2-6(11)12-8(5)9(15)13-7-3-4-16-14-7/h1-4H,(H2,11,12)(H,13,14,15). The van der Waals surface area contributed by atoms with Crippen molar-refractivity contribution >= 4 is 29.1 Å². The summed E-state index contributed by atoms with van der Waals surface area (Å²) >= 11 is 5.81. The number of aromatic nitrogens is 2. The lowest BCUT2D eigenvalue weighted by Gasteiger charge is -2.03. The van der Waals surface area contributed by atoms with Crippen molar-refractivity contribution in [2.45, 2.75) is 0 Å². The second kappa shape index (κ2) is 4.19. The third kappa shape index (κ3) is 2.12. The number of carbonyl (C=O) groups excluding carboxylic acids is 1. The zero-order valence-electron chi connectivity index (χ0n) is 7.98. The number of rotatable bonds is 2. The van der Waals surface area contributed by atoms with Crippen LogP contribution in [-0.4, -0.2) is 16.0 Å². The van der Waals surface area contributed by atoms with Crippen LogP contribution in [0.4, 0.5) is 11.6 Å². The molecule has 0 spiro atoms. The first-order valence-corrected chi connectivity index (χ1v) is 4.68. The van der Waals surface area contributed by atoms with Crippen LogP contribution in [0.3, 0.4) is 0 Å². The Bertz CT molecular complexity index is 512. The van der Waals surface area contributed by atoms with Crippen molar-refractivity contribution in [1.29, 1.82) is 0 Å². The summed E-state index contributed by atoms with van der Waals surface area (Å²) in [5.41, 5.74) is 5.50. The van der Waals surface area contributed by atoms with Crippen LogP contribution >= 0.6 is 11.6 Å². The number of pyridine rings is 1. The van der Waals surface area contributed by atoms with Crippen LogP contribution in [0, 0.1) is 0 Å². The second-order valence-electron chi connectivity index (χ2n) is 2.91. The summed E-state index contributed by atoms with van der Waals surface area (Å²) < 4.78 is 4.56. The molecule has 0 aliphatic rings. The van der Waals surface area contributed by atoms with E-state index in [0.29, 0.717) is 0 Å². The van der Waals surface area contributed by atoms with E-state index >= 15 is 0 Å². The van der Waals surface area contributed by atoms with E-state index in [4.69, 9.17) is 17.3 Å². The zero-order valence-corrected chi connectivity index (χ0v) is 8.73. The highest BCUT2D eigenvalue weighted by atomic mass is 35.5. The van der Waals surface area contributed by atoms with Crippen molar-refractivity contribution in [3.05, 3.63) is 35.2 Å². The molecule has 0 saturated heterocycles. The number of hydrogen-bond donors (Lipinski definition) is 2. The summed E-state index contributed by atoms with van der Waals surface area (Å²) in [7, 11) is 0. The molecule has 0 aromatic carbocycles.